The van der Waals surface area contributed by atoms with E-state index in [1.54, 1.807) is 0 Å². The van der Waals surface area contributed by atoms with E-state index in [0.29, 0.717) is 11.5 Å². The third kappa shape index (κ3) is 2.45. The fourth-order valence-electron chi connectivity index (χ4n) is 5.46. The number of para-hydroxylation sites is 1. The molecule has 0 spiro atoms. The Morgan fingerprint density at radius 1 is 1.26 bits per heavy atom. The second kappa shape index (κ2) is 4.75. The van der Waals surface area contributed by atoms with Crippen molar-refractivity contribution in [2.24, 2.45) is 10.8 Å². The second-order valence-corrected chi connectivity index (χ2v) is 9.07. The molecule has 1 amide bonds. The first kappa shape index (κ1) is 15.0. The normalized spacial score (nSPS) is 34.2. The molecule has 3 nitrogen and oxygen atoms in total. The standard InChI is InChI=1S/C20H27NO2/c1-13-8-14-6-5-7-16(17(14)23-13)18(22)21-12-20(4)10-15(21)9-19(2,3)11-20/h5-7,13,15H,8-12H2,1-4H3. The highest BCUT2D eigenvalue weighted by Gasteiger charge is 2.51. The molecule has 3 unspecified atom stereocenters. The van der Waals surface area contributed by atoms with Crippen molar-refractivity contribution in [3.8, 4) is 5.75 Å². The Morgan fingerprint density at radius 2 is 2.04 bits per heavy atom. The molecule has 2 bridgehead atoms. The highest BCUT2D eigenvalue weighted by atomic mass is 16.5. The van der Waals surface area contributed by atoms with E-state index in [4.69, 9.17) is 4.74 Å². The van der Waals surface area contributed by atoms with Crippen molar-refractivity contribution in [2.45, 2.75) is 65.5 Å². The molecule has 4 rings (SSSR count). The van der Waals surface area contributed by atoms with Gasteiger partial charge < -0.3 is 9.64 Å². The van der Waals surface area contributed by atoms with Crippen molar-refractivity contribution in [1.82, 2.24) is 4.90 Å². The molecule has 3 heteroatoms. The summed E-state index contributed by atoms with van der Waals surface area (Å²) in [5, 5.41) is 0. The molecule has 23 heavy (non-hydrogen) atoms. The van der Waals surface area contributed by atoms with Gasteiger partial charge in [0, 0.05) is 19.0 Å². The third-order valence-electron chi connectivity index (χ3n) is 5.83. The van der Waals surface area contributed by atoms with Crippen LogP contribution in [-0.2, 0) is 6.42 Å². The van der Waals surface area contributed by atoms with Crippen molar-refractivity contribution < 1.29 is 9.53 Å². The summed E-state index contributed by atoms with van der Waals surface area (Å²) < 4.78 is 5.95. The summed E-state index contributed by atoms with van der Waals surface area (Å²) in [6.45, 7) is 9.99. The van der Waals surface area contributed by atoms with E-state index in [1.807, 2.05) is 12.1 Å². The van der Waals surface area contributed by atoms with Crippen LogP contribution in [0.3, 0.4) is 0 Å². The average Bonchev–Trinajstić information content (AvgIpc) is 2.92. The van der Waals surface area contributed by atoms with Gasteiger partial charge in [0.2, 0.25) is 0 Å². The number of benzene rings is 1. The summed E-state index contributed by atoms with van der Waals surface area (Å²) in [4.78, 5) is 15.4. The zero-order chi connectivity index (χ0) is 16.4. The number of ether oxygens (including phenoxy) is 1. The lowest BCUT2D eigenvalue weighted by Gasteiger charge is -2.39. The van der Waals surface area contributed by atoms with Crippen LogP contribution in [0, 0.1) is 10.8 Å². The van der Waals surface area contributed by atoms with Gasteiger partial charge in [0.25, 0.3) is 5.91 Å². The minimum absolute atomic E-state index is 0.169. The van der Waals surface area contributed by atoms with E-state index in [9.17, 15) is 4.79 Å². The smallest absolute Gasteiger partial charge is 0.257 e. The van der Waals surface area contributed by atoms with Crippen molar-refractivity contribution in [1.29, 1.82) is 0 Å². The molecule has 2 aliphatic heterocycles. The summed E-state index contributed by atoms with van der Waals surface area (Å²) in [5.74, 6) is 0.998. The number of hydrogen-bond acceptors (Lipinski definition) is 2. The first-order valence-corrected chi connectivity index (χ1v) is 8.86. The minimum Gasteiger partial charge on any atom is -0.489 e. The molecule has 0 aromatic heterocycles. The van der Waals surface area contributed by atoms with Crippen LogP contribution >= 0.6 is 0 Å². The molecule has 1 aromatic rings. The Hall–Kier alpha value is -1.51. The first-order chi connectivity index (χ1) is 10.8. The van der Waals surface area contributed by atoms with Gasteiger partial charge >= 0.3 is 0 Å². The molecule has 3 aliphatic rings. The number of hydrogen-bond donors (Lipinski definition) is 0. The quantitative estimate of drug-likeness (QED) is 0.783. The molecule has 3 atom stereocenters. The van der Waals surface area contributed by atoms with Crippen LogP contribution in [0.25, 0.3) is 0 Å². The molecule has 1 saturated heterocycles. The minimum atomic E-state index is 0.169. The fourth-order valence-corrected chi connectivity index (χ4v) is 5.46. The van der Waals surface area contributed by atoms with Gasteiger partial charge in [-0.25, -0.2) is 0 Å². The Kier molecular flexibility index (Phi) is 3.11. The molecule has 1 saturated carbocycles. The van der Waals surface area contributed by atoms with Crippen molar-refractivity contribution >= 4 is 5.91 Å². The topological polar surface area (TPSA) is 29.5 Å². The number of likely N-dealkylation sites (tertiary alicyclic amines) is 1. The summed E-state index contributed by atoms with van der Waals surface area (Å²) in [5.41, 5.74) is 2.54. The zero-order valence-corrected chi connectivity index (χ0v) is 14.7. The van der Waals surface area contributed by atoms with Crippen molar-refractivity contribution in [3.05, 3.63) is 29.3 Å². The molecule has 1 aliphatic carbocycles. The zero-order valence-electron chi connectivity index (χ0n) is 14.7. The molecule has 2 heterocycles. The second-order valence-electron chi connectivity index (χ2n) is 9.07. The van der Waals surface area contributed by atoms with Gasteiger partial charge in [-0.1, -0.05) is 32.9 Å². The van der Waals surface area contributed by atoms with Gasteiger partial charge in [-0.2, -0.15) is 0 Å². The molecule has 2 fully saturated rings. The van der Waals surface area contributed by atoms with Crippen molar-refractivity contribution in [2.75, 3.05) is 6.54 Å². The maximum atomic E-state index is 13.3. The Labute approximate surface area is 139 Å². The van der Waals surface area contributed by atoms with E-state index < -0.39 is 0 Å². The molecule has 124 valence electrons. The van der Waals surface area contributed by atoms with E-state index in [-0.39, 0.29) is 17.4 Å². The van der Waals surface area contributed by atoms with E-state index in [1.165, 1.54) is 12.0 Å². The van der Waals surface area contributed by atoms with Crippen LogP contribution in [0.15, 0.2) is 18.2 Å². The van der Waals surface area contributed by atoms with E-state index in [2.05, 4.69) is 38.7 Å². The lowest BCUT2D eigenvalue weighted by Crippen LogP contribution is -2.37. The monoisotopic (exact) mass is 313 g/mol. The highest BCUT2D eigenvalue weighted by Crippen LogP contribution is 2.53. The van der Waals surface area contributed by atoms with Crippen LogP contribution in [0.2, 0.25) is 0 Å². The van der Waals surface area contributed by atoms with Gasteiger partial charge in [-0.05, 0) is 48.6 Å². The Balaban J connectivity index is 1.66. The van der Waals surface area contributed by atoms with Crippen LogP contribution in [0.5, 0.6) is 5.75 Å². The summed E-state index contributed by atoms with van der Waals surface area (Å²) in [7, 11) is 0. The molecule has 0 N–H and O–H groups in total. The van der Waals surface area contributed by atoms with Crippen LogP contribution < -0.4 is 4.74 Å². The lowest BCUT2D eigenvalue weighted by atomic mass is 9.65. The van der Waals surface area contributed by atoms with Gasteiger partial charge in [-0.15, -0.1) is 0 Å². The predicted molar refractivity (Wildman–Crippen MR) is 90.8 cm³/mol. The molecule has 0 radical (unpaired) electrons. The Bertz CT molecular complexity index is 666. The maximum absolute atomic E-state index is 13.3. The summed E-state index contributed by atoms with van der Waals surface area (Å²) in [6.07, 6.45) is 4.55. The maximum Gasteiger partial charge on any atom is 0.257 e. The fraction of sp³-hybridized carbons (Fsp3) is 0.650. The number of nitrogens with zero attached hydrogens (tertiary/aromatic N) is 1. The number of rotatable bonds is 1. The van der Waals surface area contributed by atoms with Crippen LogP contribution in [0.1, 0.15) is 62.9 Å². The van der Waals surface area contributed by atoms with Gasteiger partial charge in [0.15, 0.2) is 0 Å². The molecular weight excluding hydrogens is 286 g/mol. The summed E-state index contributed by atoms with van der Waals surface area (Å²) >= 11 is 0. The number of fused-ring (bicyclic) bond motifs is 3. The molecule has 1 aromatic carbocycles. The average molecular weight is 313 g/mol. The number of amides is 1. The van der Waals surface area contributed by atoms with E-state index >= 15 is 0 Å². The SMILES string of the molecule is CC1Cc2cccc(C(=O)N3CC4(C)CC3CC(C)(C)C4)c2O1. The van der Waals surface area contributed by atoms with Crippen molar-refractivity contribution in [3.63, 3.8) is 0 Å². The molecular formula is C20H27NO2. The lowest BCUT2D eigenvalue weighted by molar-refractivity contribution is 0.0703. The number of carbonyl (C=O) groups is 1. The summed E-state index contributed by atoms with van der Waals surface area (Å²) in [6, 6.07) is 6.41. The van der Waals surface area contributed by atoms with Crippen LogP contribution in [-0.4, -0.2) is 29.5 Å². The van der Waals surface area contributed by atoms with Gasteiger partial charge in [0.05, 0.1) is 5.56 Å². The van der Waals surface area contributed by atoms with Gasteiger partial charge in [0.1, 0.15) is 11.9 Å². The Morgan fingerprint density at radius 3 is 2.83 bits per heavy atom. The highest BCUT2D eigenvalue weighted by molar-refractivity contribution is 5.98. The largest absolute Gasteiger partial charge is 0.489 e. The van der Waals surface area contributed by atoms with E-state index in [0.717, 1.165) is 37.1 Å². The first-order valence-electron chi connectivity index (χ1n) is 8.86. The third-order valence-corrected chi connectivity index (χ3v) is 5.83. The van der Waals surface area contributed by atoms with Gasteiger partial charge in [-0.3, -0.25) is 4.79 Å². The predicted octanol–water partition coefficient (Wildman–Crippen LogP) is 4.05. The van der Waals surface area contributed by atoms with Crippen LogP contribution in [0.4, 0.5) is 0 Å². The number of carbonyl (C=O) groups excluding carboxylic acids is 1.